The molecule has 0 atom stereocenters. The molecule has 1 saturated heterocycles. The van der Waals surface area contributed by atoms with E-state index < -0.39 is 0 Å². The van der Waals surface area contributed by atoms with Gasteiger partial charge in [-0.05, 0) is 37.7 Å². The number of nitrogens with zero attached hydrogens (tertiary/aromatic N) is 3. The number of anilines is 1. The Labute approximate surface area is 153 Å². The number of carbonyl (C=O) groups excluding carboxylic acids is 1. The van der Waals surface area contributed by atoms with Crippen LogP contribution in [0.4, 0.5) is 5.82 Å². The lowest BCUT2D eigenvalue weighted by Crippen LogP contribution is -2.41. The summed E-state index contributed by atoms with van der Waals surface area (Å²) in [6.45, 7) is 3.65. The Hall–Kier alpha value is -2.14. The first-order valence-electron chi connectivity index (χ1n) is 8.67. The second-order valence-electron chi connectivity index (χ2n) is 6.49. The molecule has 0 bridgehead atoms. The van der Waals surface area contributed by atoms with Gasteiger partial charge in [0.1, 0.15) is 16.8 Å². The van der Waals surface area contributed by atoms with Gasteiger partial charge >= 0.3 is 0 Å². The van der Waals surface area contributed by atoms with Crippen molar-refractivity contribution in [3.05, 3.63) is 52.9 Å². The Balaban J connectivity index is 1.45. The quantitative estimate of drug-likeness (QED) is 0.833. The van der Waals surface area contributed by atoms with Gasteiger partial charge in [-0.1, -0.05) is 41.9 Å². The SMILES string of the molecule is Cc1nc(Cl)cc(NCC(=O)N2CCC(Cc3ccccc3)CC2)n1. The van der Waals surface area contributed by atoms with E-state index in [1.165, 1.54) is 5.56 Å². The van der Waals surface area contributed by atoms with E-state index in [1.807, 2.05) is 11.0 Å². The number of aromatic nitrogens is 2. The zero-order valence-electron chi connectivity index (χ0n) is 14.4. The lowest BCUT2D eigenvalue weighted by atomic mass is 9.90. The molecule has 0 aliphatic carbocycles. The van der Waals surface area contributed by atoms with Crippen LogP contribution in [-0.2, 0) is 11.2 Å². The standard InChI is InChI=1S/C19H23ClN4O/c1-14-22-17(20)12-18(23-14)21-13-19(25)24-9-7-16(8-10-24)11-15-5-3-2-4-6-15/h2-6,12,16H,7-11,13H2,1H3,(H,21,22,23). The average molecular weight is 359 g/mol. The first-order valence-corrected chi connectivity index (χ1v) is 9.04. The fourth-order valence-electron chi connectivity index (χ4n) is 3.23. The maximum Gasteiger partial charge on any atom is 0.241 e. The third kappa shape index (κ3) is 5.16. The summed E-state index contributed by atoms with van der Waals surface area (Å²) < 4.78 is 0. The minimum atomic E-state index is 0.102. The molecule has 1 aromatic carbocycles. The van der Waals surface area contributed by atoms with Gasteiger partial charge in [-0.2, -0.15) is 0 Å². The first kappa shape index (κ1) is 17.7. The van der Waals surface area contributed by atoms with E-state index in [-0.39, 0.29) is 12.5 Å². The molecular weight excluding hydrogens is 336 g/mol. The number of piperidine rings is 1. The number of carbonyl (C=O) groups is 1. The first-order chi connectivity index (χ1) is 12.1. The predicted molar refractivity (Wildman–Crippen MR) is 99.7 cm³/mol. The van der Waals surface area contributed by atoms with Crippen LogP contribution in [0.15, 0.2) is 36.4 Å². The summed E-state index contributed by atoms with van der Waals surface area (Å²) in [4.78, 5) is 22.6. The van der Waals surface area contributed by atoms with E-state index in [9.17, 15) is 4.79 Å². The molecule has 1 aromatic heterocycles. The van der Waals surface area contributed by atoms with Crippen molar-refractivity contribution in [2.24, 2.45) is 5.92 Å². The summed E-state index contributed by atoms with van der Waals surface area (Å²) in [5, 5.41) is 3.43. The number of aryl methyl sites for hydroxylation is 1. The Morgan fingerprint density at radius 3 is 2.64 bits per heavy atom. The van der Waals surface area contributed by atoms with Crippen molar-refractivity contribution in [2.75, 3.05) is 25.0 Å². The summed E-state index contributed by atoms with van der Waals surface area (Å²) in [6, 6.07) is 12.2. The van der Waals surface area contributed by atoms with Crippen LogP contribution >= 0.6 is 11.6 Å². The third-order valence-electron chi connectivity index (χ3n) is 4.56. The van der Waals surface area contributed by atoms with Crippen molar-refractivity contribution in [1.82, 2.24) is 14.9 Å². The van der Waals surface area contributed by atoms with Crippen LogP contribution in [0.1, 0.15) is 24.2 Å². The van der Waals surface area contributed by atoms with Crippen LogP contribution < -0.4 is 5.32 Å². The lowest BCUT2D eigenvalue weighted by Gasteiger charge is -2.32. The lowest BCUT2D eigenvalue weighted by molar-refractivity contribution is -0.130. The van der Waals surface area contributed by atoms with E-state index in [2.05, 4.69) is 39.6 Å². The molecule has 1 aliphatic heterocycles. The van der Waals surface area contributed by atoms with E-state index >= 15 is 0 Å². The van der Waals surface area contributed by atoms with Crippen molar-refractivity contribution in [1.29, 1.82) is 0 Å². The largest absolute Gasteiger partial charge is 0.361 e. The van der Waals surface area contributed by atoms with E-state index in [4.69, 9.17) is 11.6 Å². The van der Waals surface area contributed by atoms with E-state index in [1.54, 1.807) is 13.0 Å². The highest BCUT2D eigenvalue weighted by Crippen LogP contribution is 2.21. The topological polar surface area (TPSA) is 58.1 Å². The summed E-state index contributed by atoms with van der Waals surface area (Å²) in [6.07, 6.45) is 3.21. The number of halogens is 1. The van der Waals surface area contributed by atoms with Crippen LogP contribution in [0.5, 0.6) is 0 Å². The van der Waals surface area contributed by atoms with Gasteiger partial charge < -0.3 is 10.2 Å². The fourth-order valence-corrected chi connectivity index (χ4v) is 3.46. The Bertz CT molecular complexity index is 694. The Morgan fingerprint density at radius 1 is 1.24 bits per heavy atom. The average Bonchev–Trinajstić information content (AvgIpc) is 2.60. The van der Waals surface area contributed by atoms with Crippen molar-refractivity contribution in [2.45, 2.75) is 26.2 Å². The molecular formula is C19H23ClN4O. The number of nitrogens with one attached hydrogen (secondary N) is 1. The molecule has 0 radical (unpaired) electrons. The zero-order chi connectivity index (χ0) is 17.6. The summed E-state index contributed by atoms with van der Waals surface area (Å²) in [5.41, 5.74) is 1.38. The van der Waals surface area contributed by atoms with Crippen molar-refractivity contribution < 1.29 is 4.79 Å². The Morgan fingerprint density at radius 2 is 1.96 bits per heavy atom. The highest BCUT2D eigenvalue weighted by molar-refractivity contribution is 6.29. The number of benzene rings is 1. The molecule has 0 unspecified atom stereocenters. The van der Waals surface area contributed by atoms with Crippen LogP contribution in [0.25, 0.3) is 0 Å². The molecule has 132 valence electrons. The molecule has 5 nitrogen and oxygen atoms in total. The van der Waals surface area contributed by atoms with Crippen LogP contribution in [0, 0.1) is 12.8 Å². The van der Waals surface area contributed by atoms with Gasteiger partial charge in [0, 0.05) is 19.2 Å². The molecule has 2 aromatic rings. The number of rotatable bonds is 5. The van der Waals surface area contributed by atoms with Gasteiger partial charge in [-0.15, -0.1) is 0 Å². The molecule has 1 N–H and O–H groups in total. The zero-order valence-corrected chi connectivity index (χ0v) is 15.2. The molecule has 3 rings (SSSR count). The van der Waals surface area contributed by atoms with Gasteiger partial charge in [0.2, 0.25) is 5.91 Å². The molecule has 0 spiro atoms. The molecule has 6 heteroatoms. The van der Waals surface area contributed by atoms with Crippen LogP contribution in [0.2, 0.25) is 5.15 Å². The second-order valence-corrected chi connectivity index (χ2v) is 6.88. The number of hydrogen-bond donors (Lipinski definition) is 1. The highest BCUT2D eigenvalue weighted by Gasteiger charge is 2.22. The number of hydrogen-bond acceptors (Lipinski definition) is 4. The predicted octanol–water partition coefficient (Wildman–Crippen LogP) is 3.33. The minimum absolute atomic E-state index is 0.102. The van der Waals surface area contributed by atoms with Gasteiger partial charge in [0.05, 0.1) is 6.54 Å². The van der Waals surface area contributed by atoms with Gasteiger partial charge in [-0.25, -0.2) is 9.97 Å². The second kappa shape index (κ2) is 8.30. The summed E-state index contributed by atoms with van der Waals surface area (Å²) in [7, 11) is 0. The van der Waals surface area contributed by atoms with Gasteiger partial charge in [0.15, 0.2) is 0 Å². The number of likely N-dealkylation sites (tertiary alicyclic amines) is 1. The van der Waals surface area contributed by atoms with Crippen molar-refractivity contribution in [3.63, 3.8) is 0 Å². The molecule has 2 heterocycles. The van der Waals surface area contributed by atoms with E-state index in [0.29, 0.717) is 22.7 Å². The van der Waals surface area contributed by atoms with Crippen molar-refractivity contribution in [3.8, 4) is 0 Å². The van der Waals surface area contributed by atoms with E-state index in [0.717, 1.165) is 32.4 Å². The fraction of sp³-hybridized carbons (Fsp3) is 0.421. The molecule has 0 saturated carbocycles. The monoisotopic (exact) mass is 358 g/mol. The number of amides is 1. The van der Waals surface area contributed by atoms with Gasteiger partial charge in [-0.3, -0.25) is 4.79 Å². The van der Waals surface area contributed by atoms with Crippen molar-refractivity contribution >= 4 is 23.3 Å². The summed E-state index contributed by atoms with van der Waals surface area (Å²) >= 11 is 5.91. The maximum atomic E-state index is 12.4. The third-order valence-corrected chi connectivity index (χ3v) is 4.76. The molecule has 1 amide bonds. The molecule has 1 aliphatic rings. The normalized spacial score (nSPS) is 15.2. The molecule has 25 heavy (non-hydrogen) atoms. The van der Waals surface area contributed by atoms with Crippen LogP contribution in [0.3, 0.4) is 0 Å². The summed E-state index contributed by atoms with van der Waals surface area (Å²) in [5.74, 6) is 1.93. The van der Waals surface area contributed by atoms with Gasteiger partial charge in [0.25, 0.3) is 0 Å². The molecule has 1 fully saturated rings. The van der Waals surface area contributed by atoms with Crippen LogP contribution in [-0.4, -0.2) is 40.4 Å². The minimum Gasteiger partial charge on any atom is -0.361 e. The highest BCUT2D eigenvalue weighted by atomic mass is 35.5. The Kier molecular flexibility index (Phi) is 5.87. The maximum absolute atomic E-state index is 12.4. The smallest absolute Gasteiger partial charge is 0.241 e.